The zero-order valence-electron chi connectivity index (χ0n) is 13.3. The molecule has 1 saturated heterocycles. The smallest absolute Gasteiger partial charge is 0.224 e. The highest BCUT2D eigenvalue weighted by molar-refractivity contribution is 5.78. The largest absolute Gasteiger partial charge is 0.391 e. The number of para-hydroxylation sites is 1. The summed E-state index contributed by atoms with van der Waals surface area (Å²) < 4.78 is 4.94. The van der Waals surface area contributed by atoms with Gasteiger partial charge >= 0.3 is 0 Å². The molecular weight excluding hydrogens is 292 g/mol. The number of β-amino-alcohol motifs (C(OH)–C–C–N with tert-alkyl or cyclic N) is 1. The van der Waals surface area contributed by atoms with Gasteiger partial charge in [-0.3, -0.25) is 9.78 Å². The second kappa shape index (κ2) is 7.06. The van der Waals surface area contributed by atoms with Crippen LogP contribution < -0.4 is 0 Å². The lowest BCUT2D eigenvalue weighted by Gasteiger charge is -2.15. The summed E-state index contributed by atoms with van der Waals surface area (Å²) in [5, 5.41) is 11.4. The first kappa shape index (κ1) is 15.9. The molecule has 1 aliphatic heterocycles. The number of methoxy groups -OCH3 is 1. The van der Waals surface area contributed by atoms with Gasteiger partial charge in [0, 0.05) is 37.2 Å². The minimum Gasteiger partial charge on any atom is -0.391 e. The van der Waals surface area contributed by atoms with Crippen molar-refractivity contribution in [1.29, 1.82) is 0 Å². The van der Waals surface area contributed by atoms with E-state index >= 15 is 0 Å². The second-order valence-corrected chi connectivity index (χ2v) is 6.07. The fourth-order valence-electron chi connectivity index (χ4n) is 3.10. The number of aliphatic hydroxyl groups is 1. The third-order valence-electron chi connectivity index (χ3n) is 4.41. The third-order valence-corrected chi connectivity index (χ3v) is 4.41. The number of nitrogens with zero attached hydrogens (tertiary/aromatic N) is 2. The monoisotopic (exact) mass is 314 g/mol. The van der Waals surface area contributed by atoms with E-state index in [4.69, 9.17) is 4.74 Å². The van der Waals surface area contributed by atoms with Crippen LogP contribution in [0.5, 0.6) is 0 Å². The molecule has 5 nitrogen and oxygen atoms in total. The molecule has 1 aliphatic rings. The maximum absolute atomic E-state index is 12.0. The molecule has 2 heterocycles. The van der Waals surface area contributed by atoms with Gasteiger partial charge < -0.3 is 14.7 Å². The number of benzene rings is 1. The molecule has 0 spiro atoms. The van der Waals surface area contributed by atoms with Crippen molar-refractivity contribution in [3.63, 3.8) is 0 Å². The first-order chi connectivity index (χ1) is 11.2. The molecule has 1 aromatic heterocycles. The van der Waals surface area contributed by atoms with Crippen molar-refractivity contribution < 1.29 is 14.6 Å². The number of aliphatic hydroxyl groups excluding tert-OH is 1. The van der Waals surface area contributed by atoms with Gasteiger partial charge in [0.2, 0.25) is 5.91 Å². The van der Waals surface area contributed by atoms with E-state index in [2.05, 4.69) is 11.1 Å². The summed E-state index contributed by atoms with van der Waals surface area (Å²) in [5.41, 5.74) is 1.92. The third kappa shape index (κ3) is 3.68. The predicted molar refractivity (Wildman–Crippen MR) is 88.0 cm³/mol. The van der Waals surface area contributed by atoms with E-state index in [1.54, 1.807) is 12.0 Å². The first-order valence-electron chi connectivity index (χ1n) is 7.97. The van der Waals surface area contributed by atoms with Gasteiger partial charge in [-0.25, -0.2) is 0 Å². The zero-order valence-corrected chi connectivity index (χ0v) is 13.3. The molecule has 2 atom stereocenters. The molecule has 122 valence electrons. The van der Waals surface area contributed by atoms with E-state index in [1.807, 2.05) is 30.3 Å². The summed E-state index contributed by atoms with van der Waals surface area (Å²) in [5.74, 6) is 0.0787. The van der Waals surface area contributed by atoms with Gasteiger partial charge in [0.05, 0.1) is 24.6 Å². The van der Waals surface area contributed by atoms with Gasteiger partial charge in [0.25, 0.3) is 0 Å². The Morgan fingerprint density at radius 3 is 2.96 bits per heavy atom. The fraction of sp³-hybridized carbons (Fsp3) is 0.444. The van der Waals surface area contributed by atoms with Gasteiger partial charge in [0.1, 0.15) is 0 Å². The molecule has 0 saturated carbocycles. The van der Waals surface area contributed by atoms with E-state index in [1.165, 1.54) is 0 Å². The second-order valence-electron chi connectivity index (χ2n) is 6.07. The van der Waals surface area contributed by atoms with Crippen LogP contribution in [0.1, 0.15) is 12.1 Å². The number of hydrogen-bond acceptors (Lipinski definition) is 4. The highest BCUT2D eigenvalue weighted by atomic mass is 16.5. The highest BCUT2D eigenvalue weighted by Crippen LogP contribution is 2.22. The Hall–Kier alpha value is -1.98. The summed E-state index contributed by atoms with van der Waals surface area (Å²) in [6.45, 7) is 1.40. The van der Waals surface area contributed by atoms with Crippen LogP contribution in [0.4, 0.5) is 0 Å². The minimum absolute atomic E-state index is 0.0372. The molecule has 1 fully saturated rings. The van der Waals surface area contributed by atoms with Gasteiger partial charge in [0.15, 0.2) is 0 Å². The normalized spacial score (nSPS) is 21.0. The molecule has 0 radical (unpaired) electrons. The summed E-state index contributed by atoms with van der Waals surface area (Å²) in [6.07, 6.45) is 0.555. The molecule has 3 rings (SSSR count). The van der Waals surface area contributed by atoms with Crippen molar-refractivity contribution in [1.82, 2.24) is 9.88 Å². The lowest BCUT2D eigenvalue weighted by molar-refractivity contribution is -0.131. The summed E-state index contributed by atoms with van der Waals surface area (Å²) >= 11 is 0. The van der Waals surface area contributed by atoms with Gasteiger partial charge in [-0.2, -0.15) is 0 Å². The average molecular weight is 314 g/mol. The van der Waals surface area contributed by atoms with Crippen molar-refractivity contribution in [2.45, 2.75) is 18.9 Å². The van der Waals surface area contributed by atoms with E-state index in [-0.39, 0.29) is 11.8 Å². The molecule has 0 bridgehead atoms. The average Bonchev–Trinajstić information content (AvgIpc) is 2.93. The van der Waals surface area contributed by atoms with Gasteiger partial charge in [-0.15, -0.1) is 0 Å². The Morgan fingerprint density at radius 1 is 1.30 bits per heavy atom. The van der Waals surface area contributed by atoms with Gasteiger partial charge in [-0.05, 0) is 18.6 Å². The number of fused-ring (bicyclic) bond motifs is 1. The van der Waals surface area contributed by atoms with Crippen LogP contribution in [0.15, 0.2) is 36.4 Å². The topological polar surface area (TPSA) is 62.7 Å². The number of rotatable bonds is 5. The van der Waals surface area contributed by atoms with Crippen LogP contribution in [0.3, 0.4) is 0 Å². The minimum atomic E-state index is -0.491. The fourth-order valence-corrected chi connectivity index (χ4v) is 3.10. The highest BCUT2D eigenvalue weighted by Gasteiger charge is 2.33. The number of carbonyl (C=O) groups is 1. The first-order valence-corrected chi connectivity index (χ1v) is 7.97. The number of likely N-dealkylation sites (tertiary alicyclic amines) is 1. The maximum Gasteiger partial charge on any atom is 0.224 e. The maximum atomic E-state index is 12.0. The lowest BCUT2D eigenvalue weighted by Crippen LogP contribution is -2.30. The molecule has 1 aromatic carbocycles. The Kier molecular flexibility index (Phi) is 4.88. The number of pyridine rings is 1. The van der Waals surface area contributed by atoms with Crippen molar-refractivity contribution >= 4 is 16.8 Å². The van der Waals surface area contributed by atoms with Crippen molar-refractivity contribution in [3.05, 3.63) is 42.1 Å². The summed E-state index contributed by atoms with van der Waals surface area (Å²) in [6, 6.07) is 12.1. The molecule has 1 N–H and O–H groups in total. The molecule has 5 heteroatoms. The van der Waals surface area contributed by atoms with E-state index in [0.717, 1.165) is 16.6 Å². The number of ether oxygens (including phenoxy) is 1. The van der Waals surface area contributed by atoms with Crippen molar-refractivity contribution in [2.24, 2.45) is 5.92 Å². The van der Waals surface area contributed by atoms with Crippen LogP contribution in [-0.2, 0) is 16.0 Å². The number of aromatic nitrogens is 1. The summed E-state index contributed by atoms with van der Waals surface area (Å²) in [7, 11) is 1.58. The number of carbonyl (C=O) groups excluding carboxylic acids is 1. The summed E-state index contributed by atoms with van der Waals surface area (Å²) in [4.78, 5) is 18.4. The van der Waals surface area contributed by atoms with Gasteiger partial charge in [-0.1, -0.05) is 24.3 Å². The van der Waals surface area contributed by atoms with E-state index in [0.29, 0.717) is 32.5 Å². The van der Waals surface area contributed by atoms with Crippen LogP contribution in [0.2, 0.25) is 0 Å². The zero-order chi connectivity index (χ0) is 16.2. The molecular formula is C18H22N2O3. The van der Waals surface area contributed by atoms with E-state index in [9.17, 15) is 9.90 Å². The molecule has 1 amide bonds. The Bertz CT molecular complexity index is 689. The molecule has 2 aromatic rings. The van der Waals surface area contributed by atoms with Crippen LogP contribution >= 0.6 is 0 Å². The van der Waals surface area contributed by atoms with Crippen LogP contribution in [0.25, 0.3) is 10.9 Å². The Labute approximate surface area is 135 Å². The molecule has 0 unspecified atom stereocenters. The van der Waals surface area contributed by atoms with Crippen LogP contribution in [0, 0.1) is 5.92 Å². The van der Waals surface area contributed by atoms with E-state index < -0.39 is 6.10 Å². The number of hydrogen-bond donors (Lipinski definition) is 1. The number of amides is 1. The quantitative estimate of drug-likeness (QED) is 0.911. The lowest BCUT2D eigenvalue weighted by atomic mass is 9.99. The van der Waals surface area contributed by atoms with Crippen molar-refractivity contribution in [2.75, 3.05) is 26.8 Å². The molecule has 23 heavy (non-hydrogen) atoms. The standard InChI is InChI=1S/C18H22N2O3/c1-23-9-8-18(22)20-11-14(17(21)12-20)10-15-7-6-13-4-2-3-5-16(13)19-15/h2-7,14,17,21H,8-12H2,1H3/t14-,17-/m1/s1. The SMILES string of the molecule is COCCC(=O)N1C[C@@H](Cc2ccc3ccccc3n2)[C@H](O)C1. The van der Waals surface area contributed by atoms with Crippen LogP contribution in [-0.4, -0.2) is 53.8 Å². The Balaban J connectivity index is 1.66. The Morgan fingerprint density at radius 2 is 2.13 bits per heavy atom. The molecule has 0 aliphatic carbocycles. The predicted octanol–water partition coefficient (Wildman–Crippen LogP) is 1.63. The van der Waals surface area contributed by atoms with Crippen molar-refractivity contribution in [3.8, 4) is 0 Å².